The number of nitrogens with one attached hydrogen (secondary N) is 2. The van der Waals surface area contributed by atoms with Crippen LogP contribution in [0.4, 0.5) is 0 Å². The summed E-state index contributed by atoms with van der Waals surface area (Å²) in [6.07, 6.45) is 0.500. The van der Waals surface area contributed by atoms with Crippen LogP contribution in [0.3, 0.4) is 0 Å². The second-order valence-electron chi connectivity index (χ2n) is 1.62. The van der Waals surface area contributed by atoms with E-state index in [0.717, 1.165) is 0 Å². The number of carbonyl (C=O) groups is 2. The van der Waals surface area contributed by atoms with E-state index >= 15 is 0 Å². The first kappa shape index (κ1) is 7.94. The third-order valence-corrected chi connectivity index (χ3v) is 0.958. The third kappa shape index (κ3) is 2.69. The van der Waals surface area contributed by atoms with Crippen LogP contribution in [0, 0.1) is 0 Å². The predicted octanol–water partition coefficient (Wildman–Crippen LogP) is -1.13. The van der Waals surface area contributed by atoms with Gasteiger partial charge in [-0.1, -0.05) is 0 Å². The molecular weight excluding hydrogens is 120 g/mol. The van der Waals surface area contributed by atoms with Crippen molar-refractivity contribution in [3.8, 4) is 0 Å². The van der Waals surface area contributed by atoms with Crippen LogP contribution in [0.25, 0.3) is 0 Å². The minimum Gasteiger partial charge on any atom is -0.357 e. The second kappa shape index (κ2) is 3.88. The van der Waals surface area contributed by atoms with Crippen LogP contribution in [0.15, 0.2) is 0 Å². The van der Waals surface area contributed by atoms with Gasteiger partial charge in [-0.25, -0.2) is 0 Å². The number of likely N-dealkylation sites (N-methyl/N-ethyl adjacent to an activating group) is 1. The van der Waals surface area contributed by atoms with Crippen LogP contribution in [0.5, 0.6) is 0 Å². The van der Waals surface area contributed by atoms with Crippen LogP contribution < -0.4 is 10.6 Å². The summed E-state index contributed by atoms with van der Waals surface area (Å²) < 4.78 is 0. The van der Waals surface area contributed by atoms with Crippen molar-refractivity contribution in [3.63, 3.8) is 0 Å². The molecule has 0 saturated heterocycles. The van der Waals surface area contributed by atoms with Gasteiger partial charge in [0.1, 0.15) is 6.04 Å². The highest BCUT2D eigenvalue weighted by Crippen LogP contribution is 1.75. The highest BCUT2D eigenvalue weighted by Gasteiger charge is 2.06. The molecule has 0 rings (SSSR count). The maximum atomic E-state index is 10.6. The standard InChI is InChI=1S/C5H10N2O2/c1-4(7-3-8)5(9)6-2/h3-4H,1-2H3,(H,6,9)(H,7,8). The zero-order valence-electron chi connectivity index (χ0n) is 5.47. The Balaban J connectivity index is 3.58. The average molecular weight is 130 g/mol. The number of hydrogen-bond donors (Lipinski definition) is 2. The zero-order valence-corrected chi connectivity index (χ0v) is 5.47. The molecular formula is C5H10N2O2. The lowest BCUT2D eigenvalue weighted by molar-refractivity contribution is -0.124. The van der Waals surface area contributed by atoms with E-state index in [1.54, 1.807) is 6.92 Å². The Morgan fingerprint density at radius 3 is 2.56 bits per heavy atom. The monoisotopic (exact) mass is 130 g/mol. The molecule has 9 heavy (non-hydrogen) atoms. The molecule has 0 fully saturated rings. The van der Waals surface area contributed by atoms with E-state index < -0.39 is 6.04 Å². The first-order chi connectivity index (χ1) is 4.22. The Hall–Kier alpha value is -1.06. The van der Waals surface area contributed by atoms with Crippen molar-refractivity contribution in [2.24, 2.45) is 0 Å². The summed E-state index contributed by atoms with van der Waals surface area (Å²) in [7, 11) is 1.52. The highest BCUT2D eigenvalue weighted by atomic mass is 16.2. The van der Waals surface area contributed by atoms with Gasteiger partial charge in [0, 0.05) is 7.05 Å². The zero-order chi connectivity index (χ0) is 7.28. The summed E-state index contributed by atoms with van der Waals surface area (Å²) in [5.74, 6) is -0.192. The molecule has 4 nitrogen and oxygen atoms in total. The summed E-state index contributed by atoms with van der Waals surface area (Å²) in [4.78, 5) is 20.3. The summed E-state index contributed by atoms with van der Waals surface area (Å²) in [6, 6.07) is -0.438. The molecule has 0 bridgehead atoms. The van der Waals surface area contributed by atoms with Gasteiger partial charge in [-0.2, -0.15) is 0 Å². The van der Waals surface area contributed by atoms with Gasteiger partial charge in [0.05, 0.1) is 0 Å². The van der Waals surface area contributed by atoms with E-state index in [2.05, 4.69) is 10.6 Å². The van der Waals surface area contributed by atoms with E-state index in [-0.39, 0.29) is 5.91 Å². The lowest BCUT2D eigenvalue weighted by atomic mass is 10.3. The molecule has 0 aliphatic rings. The van der Waals surface area contributed by atoms with Crippen LogP contribution >= 0.6 is 0 Å². The van der Waals surface area contributed by atoms with Crippen LogP contribution in [0.1, 0.15) is 6.92 Å². The van der Waals surface area contributed by atoms with E-state index in [1.807, 2.05) is 0 Å². The van der Waals surface area contributed by atoms with Gasteiger partial charge in [-0.05, 0) is 6.92 Å². The summed E-state index contributed by atoms with van der Waals surface area (Å²) >= 11 is 0. The smallest absolute Gasteiger partial charge is 0.242 e. The van der Waals surface area contributed by atoms with Crippen molar-refractivity contribution in [1.82, 2.24) is 10.6 Å². The fourth-order valence-electron chi connectivity index (χ4n) is 0.394. The molecule has 4 heteroatoms. The van der Waals surface area contributed by atoms with Gasteiger partial charge in [-0.15, -0.1) is 0 Å². The largest absolute Gasteiger partial charge is 0.357 e. The van der Waals surface area contributed by atoms with Crippen molar-refractivity contribution in [2.75, 3.05) is 7.05 Å². The number of rotatable bonds is 3. The molecule has 52 valence electrons. The van der Waals surface area contributed by atoms with Crippen molar-refractivity contribution in [2.45, 2.75) is 13.0 Å². The molecule has 0 spiro atoms. The van der Waals surface area contributed by atoms with Gasteiger partial charge in [0.15, 0.2) is 0 Å². The lowest BCUT2D eigenvalue weighted by Crippen LogP contribution is -2.39. The summed E-state index contributed by atoms with van der Waals surface area (Å²) in [6.45, 7) is 1.60. The van der Waals surface area contributed by atoms with Gasteiger partial charge in [0.2, 0.25) is 12.3 Å². The molecule has 0 radical (unpaired) electrons. The SMILES string of the molecule is CNC(=O)C(C)NC=O. The number of carbonyl (C=O) groups excluding carboxylic acids is 2. The summed E-state index contributed by atoms with van der Waals surface area (Å²) in [5.41, 5.74) is 0. The Labute approximate surface area is 53.6 Å². The first-order valence-corrected chi connectivity index (χ1v) is 2.63. The second-order valence-corrected chi connectivity index (χ2v) is 1.62. The molecule has 2 amide bonds. The van der Waals surface area contributed by atoms with Crippen molar-refractivity contribution >= 4 is 12.3 Å². The molecule has 0 aliphatic carbocycles. The van der Waals surface area contributed by atoms with Crippen molar-refractivity contribution in [1.29, 1.82) is 0 Å². The quantitative estimate of drug-likeness (QED) is 0.475. The van der Waals surface area contributed by atoms with Crippen LogP contribution in [-0.2, 0) is 9.59 Å². The predicted molar refractivity (Wildman–Crippen MR) is 32.7 cm³/mol. The molecule has 0 saturated carbocycles. The Morgan fingerprint density at radius 1 is 1.67 bits per heavy atom. The number of hydrogen-bond acceptors (Lipinski definition) is 2. The lowest BCUT2D eigenvalue weighted by Gasteiger charge is -2.06. The summed E-state index contributed by atoms with van der Waals surface area (Å²) in [5, 5.41) is 4.69. The van der Waals surface area contributed by atoms with Crippen LogP contribution in [0.2, 0.25) is 0 Å². The molecule has 0 aromatic carbocycles. The third-order valence-electron chi connectivity index (χ3n) is 0.958. The van der Waals surface area contributed by atoms with E-state index in [4.69, 9.17) is 0 Å². The maximum Gasteiger partial charge on any atom is 0.242 e. The Morgan fingerprint density at radius 2 is 2.22 bits per heavy atom. The normalized spacial score (nSPS) is 11.8. The van der Waals surface area contributed by atoms with E-state index in [1.165, 1.54) is 7.05 Å². The minimum atomic E-state index is -0.438. The molecule has 2 N–H and O–H groups in total. The Bertz CT molecular complexity index is 114. The highest BCUT2D eigenvalue weighted by molar-refractivity contribution is 5.82. The average Bonchev–Trinajstić information content (AvgIpc) is 1.87. The van der Waals surface area contributed by atoms with Crippen LogP contribution in [-0.4, -0.2) is 25.4 Å². The van der Waals surface area contributed by atoms with Crippen molar-refractivity contribution in [3.05, 3.63) is 0 Å². The molecule has 0 aromatic rings. The van der Waals surface area contributed by atoms with E-state index in [0.29, 0.717) is 6.41 Å². The van der Waals surface area contributed by atoms with Crippen molar-refractivity contribution < 1.29 is 9.59 Å². The van der Waals surface area contributed by atoms with Gasteiger partial charge in [-0.3, -0.25) is 9.59 Å². The van der Waals surface area contributed by atoms with Gasteiger partial charge < -0.3 is 10.6 Å². The van der Waals surface area contributed by atoms with Gasteiger partial charge in [0.25, 0.3) is 0 Å². The molecule has 0 aromatic heterocycles. The molecule has 1 atom stereocenters. The number of amides is 2. The Kier molecular flexibility index (Phi) is 3.43. The maximum absolute atomic E-state index is 10.6. The first-order valence-electron chi connectivity index (χ1n) is 2.63. The fourth-order valence-corrected chi connectivity index (χ4v) is 0.394. The molecule has 0 aliphatic heterocycles. The van der Waals surface area contributed by atoms with Gasteiger partial charge >= 0.3 is 0 Å². The molecule has 1 unspecified atom stereocenters. The minimum absolute atomic E-state index is 0.192. The molecule has 0 heterocycles. The fraction of sp³-hybridized carbons (Fsp3) is 0.600. The topological polar surface area (TPSA) is 58.2 Å². The van der Waals surface area contributed by atoms with E-state index in [9.17, 15) is 9.59 Å².